The number of halogens is 1. The molecule has 3 aliphatic rings. The van der Waals surface area contributed by atoms with Crippen molar-refractivity contribution in [3.05, 3.63) is 40.2 Å². The molecular formula is C17H22BrN5O. The number of hydrogen-bond acceptors (Lipinski definition) is 6. The lowest BCUT2D eigenvalue weighted by atomic mass is 9.87. The second-order valence-electron chi connectivity index (χ2n) is 7.12. The molecule has 128 valence electrons. The lowest BCUT2D eigenvalue weighted by molar-refractivity contribution is -0.0819. The van der Waals surface area contributed by atoms with E-state index in [9.17, 15) is 0 Å². The quantitative estimate of drug-likeness (QED) is 0.780. The molecule has 5 rings (SSSR count). The monoisotopic (exact) mass is 391 g/mol. The zero-order valence-electron chi connectivity index (χ0n) is 14.0. The molecule has 5 heterocycles. The highest BCUT2D eigenvalue weighted by Gasteiger charge is 2.44. The molecule has 0 amide bonds. The lowest BCUT2D eigenvalue weighted by Crippen LogP contribution is -2.67. The molecule has 7 heteroatoms. The summed E-state index contributed by atoms with van der Waals surface area (Å²) in [5, 5.41) is 4.07. The molecule has 0 spiro atoms. The Bertz CT molecular complexity index is 707. The van der Waals surface area contributed by atoms with E-state index in [2.05, 4.69) is 60.8 Å². The summed E-state index contributed by atoms with van der Waals surface area (Å²) in [5.41, 5.74) is 1.26. The van der Waals surface area contributed by atoms with Crippen molar-refractivity contribution in [2.45, 2.75) is 51.4 Å². The van der Waals surface area contributed by atoms with E-state index < -0.39 is 0 Å². The smallest absolute Gasteiger partial charge is 0.240 e. The Labute approximate surface area is 150 Å². The summed E-state index contributed by atoms with van der Waals surface area (Å²) in [5.74, 6) is 1.87. The molecule has 2 aromatic rings. The summed E-state index contributed by atoms with van der Waals surface area (Å²) < 4.78 is 6.45. The van der Waals surface area contributed by atoms with Crippen molar-refractivity contribution in [3.8, 4) is 0 Å². The van der Waals surface area contributed by atoms with Crippen LogP contribution in [-0.4, -0.2) is 50.1 Å². The first-order valence-corrected chi connectivity index (χ1v) is 9.28. The predicted molar refractivity (Wildman–Crippen MR) is 93.3 cm³/mol. The van der Waals surface area contributed by atoms with Crippen LogP contribution in [0.2, 0.25) is 0 Å². The third-order valence-corrected chi connectivity index (χ3v) is 5.34. The molecule has 0 N–H and O–H groups in total. The van der Waals surface area contributed by atoms with Gasteiger partial charge in [0.1, 0.15) is 0 Å². The van der Waals surface area contributed by atoms with Gasteiger partial charge in [0.15, 0.2) is 5.82 Å². The maximum atomic E-state index is 5.40. The van der Waals surface area contributed by atoms with Crippen molar-refractivity contribution in [2.24, 2.45) is 0 Å². The van der Waals surface area contributed by atoms with Crippen molar-refractivity contribution in [1.82, 2.24) is 24.9 Å². The topological polar surface area (TPSA) is 58.3 Å². The van der Waals surface area contributed by atoms with Gasteiger partial charge in [0.05, 0.1) is 6.54 Å². The number of hydrogen-bond donors (Lipinski definition) is 0. The van der Waals surface area contributed by atoms with Crippen LogP contribution in [0.1, 0.15) is 43.5 Å². The van der Waals surface area contributed by atoms with Gasteiger partial charge in [-0.05, 0) is 34.0 Å². The fourth-order valence-electron chi connectivity index (χ4n) is 3.69. The van der Waals surface area contributed by atoms with Gasteiger partial charge in [0.2, 0.25) is 5.89 Å². The van der Waals surface area contributed by atoms with E-state index in [1.165, 1.54) is 12.0 Å². The van der Waals surface area contributed by atoms with Crippen LogP contribution in [-0.2, 0) is 13.1 Å². The zero-order valence-corrected chi connectivity index (χ0v) is 15.6. The van der Waals surface area contributed by atoms with Gasteiger partial charge in [-0.25, -0.2) is 0 Å². The van der Waals surface area contributed by atoms with Gasteiger partial charge in [-0.2, -0.15) is 4.98 Å². The Morgan fingerprint density at radius 1 is 1.25 bits per heavy atom. The van der Waals surface area contributed by atoms with E-state index in [1.54, 1.807) is 0 Å². The van der Waals surface area contributed by atoms with Crippen LogP contribution in [0.3, 0.4) is 0 Å². The summed E-state index contributed by atoms with van der Waals surface area (Å²) in [6.07, 6.45) is 5.06. The van der Waals surface area contributed by atoms with Crippen LogP contribution in [0, 0.1) is 0 Å². The number of nitrogens with zero attached hydrogens (tertiary/aromatic N) is 5. The number of piperazine rings is 1. The molecule has 3 saturated heterocycles. The van der Waals surface area contributed by atoms with Gasteiger partial charge in [0.25, 0.3) is 0 Å². The molecule has 2 aromatic heterocycles. The standard InChI is InChI=1S/C17H22BrN5O/c1-11(2)17-20-16(24-21-17)10-23-14-4-15(23)9-22(8-14)7-12-3-13(18)6-19-5-12/h3,5-6,11,14-15H,4,7-10H2,1-2H3. The fourth-order valence-corrected chi connectivity index (χ4v) is 4.10. The molecule has 3 aliphatic heterocycles. The molecule has 2 atom stereocenters. The van der Waals surface area contributed by atoms with Gasteiger partial charge < -0.3 is 4.52 Å². The normalized spacial score (nSPS) is 24.3. The molecule has 2 bridgehead atoms. The van der Waals surface area contributed by atoms with Crippen molar-refractivity contribution < 1.29 is 4.52 Å². The van der Waals surface area contributed by atoms with E-state index in [4.69, 9.17) is 4.52 Å². The zero-order chi connectivity index (χ0) is 16.7. The number of fused-ring (bicyclic) bond motifs is 2. The minimum absolute atomic E-state index is 0.313. The van der Waals surface area contributed by atoms with Crippen LogP contribution >= 0.6 is 15.9 Å². The molecule has 0 saturated carbocycles. The first kappa shape index (κ1) is 16.2. The lowest BCUT2D eigenvalue weighted by Gasteiger charge is -2.56. The highest BCUT2D eigenvalue weighted by molar-refractivity contribution is 9.10. The Balaban J connectivity index is 1.34. The summed E-state index contributed by atoms with van der Waals surface area (Å²) in [6.45, 7) is 8.10. The van der Waals surface area contributed by atoms with Crippen molar-refractivity contribution in [3.63, 3.8) is 0 Å². The highest BCUT2D eigenvalue weighted by atomic mass is 79.9. The minimum Gasteiger partial charge on any atom is -0.338 e. The third-order valence-electron chi connectivity index (χ3n) is 4.91. The number of rotatable bonds is 5. The Kier molecular flexibility index (Phi) is 4.40. The van der Waals surface area contributed by atoms with E-state index >= 15 is 0 Å². The predicted octanol–water partition coefficient (Wildman–Crippen LogP) is 2.81. The average molecular weight is 392 g/mol. The first-order chi connectivity index (χ1) is 11.6. The van der Waals surface area contributed by atoms with Gasteiger partial charge in [-0.15, -0.1) is 0 Å². The van der Waals surface area contributed by atoms with Crippen LogP contribution < -0.4 is 0 Å². The van der Waals surface area contributed by atoms with E-state index in [-0.39, 0.29) is 0 Å². The number of aromatic nitrogens is 3. The van der Waals surface area contributed by atoms with Crippen LogP contribution in [0.5, 0.6) is 0 Å². The Hall–Kier alpha value is -1.31. The van der Waals surface area contributed by atoms with Gasteiger partial charge in [-0.1, -0.05) is 19.0 Å². The summed E-state index contributed by atoms with van der Waals surface area (Å²) in [4.78, 5) is 13.8. The van der Waals surface area contributed by atoms with Crippen molar-refractivity contribution >= 4 is 15.9 Å². The van der Waals surface area contributed by atoms with Gasteiger partial charge in [-0.3, -0.25) is 14.8 Å². The molecular weight excluding hydrogens is 370 g/mol. The Morgan fingerprint density at radius 2 is 2.04 bits per heavy atom. The average Bonchev–Trinajstić information content (AvgIpc) is 3.02. The SMILES string of the molecule is CC(C)c1noc(CN2C3CC2CN(Cc2cncc(Br)c2)C3)n1. The summed E-state index contributed by atoms with van der Waals surface area (Å²) >= 11 is 3.49. The fraction of sp³-hybridized carbons (Fsp3) is 0.588. The second-order valence-corrected chi connectivity index (χ2v) is 8.04. The molecule has 24 heavy (non-hydrogen) atoms. The van der Waals surface area contributed by atoms with Crippen molar-refractivity contribution in [2.75, 3.05) is 13.1 Å². The Morgan fingerprint density at radius 3 is 2.71 bits per heavy atom. The van der Waals surface area contributed by atoms with Crippen LogP contribution in [0.25, 0.3) is 0 Å². The minimum atomic E-state index is 0.313. The maximum absolute atomic E-state index is 5.40. The second kappa shape index (κ2) is 6.54. The molecule has 0 aliphatic carbocycles. The molecule has 0 radical (unpaired) electrons. The molecule has 6 nitrogen and oxygen atoms in total. The van der Waals surface area contributed by atoms with E-state index in [0.717, 1.165) is 42.4 Å². The first-order valence-electron chi connectivity index (χ1n) is 8.48. The van der Waals surface area contributed by atoms with Crippen LogP contribution in [0.4, 0.5) is 0 Å². The van der Waals surface area contributed by atoms with Crippen molar-refractivity contribution in [1.29, 1.82) is 0 Å². The van der Waals surface area contributed by atoms with Gasteiger partial charge in [0, 0.05) is 54.5 Å². The number of piperidine rings is 1. The van der Waals surface area contributed by atoms with E-state index in [1.807, 2.05) is 12.4 Å². The van der Waals surface area contributed by atoms with E-state index in [0.29, 0.717) is 18.0 Å². The largest absolute Gasteiger partial charge is 0.338 e. The maximum Gasteiger partial charge on any atom is 0.240 e. The van der Waals surface area contributed by atoms with Gasteiger partial charge >= 0.3 is 0 Å². The highest BCUT2D eigenvalue weighted by Crippen LogP contribution is 2.34. The summed E-state index contributed by atoms with van der Waals surface area (Å²) in [7, 11) is 0. The molecule has 2 unspecified atom stereocenters. The third kappa shape index (κ3) is 3.25. The number of pyridine rings is 1. The summed E-state index contributed by atoms with van der Waals surface area (Å²) in [6, 6.07) is 3.34. The molecule has 3 fully saturated rings. The van der Waals surface area contributed by atoms with Crippen LogP contribution in [0.15, 0.2) is 27.5 Å². The molecule has 0 aromatic carbocycles.